The minimum Gasteiger partial charge on any atom is -0.504 e. The molecule has 2 aromatic carbocycles. The number of phenols is 1. The van der Waals surface area contributed by atoms with Gasteiger partial charge in [0.1, 0.15) is 0 Å². The first-order chi connectivity index (χ1) is 13.7. The summed E-state index contributed by atoms with van der Waals surface area (Å²) < 4.78 is 5.69. The van der Waals surface area contributed by atoms with Crippen LogP contribution in [0, 0.1) is 13.7 Å². The van der Waals surface area contributed by atoms with Crippen molar-refractivity contribution < 1.29 is 25.0 Å². The van der Waals surface area contributed by atoms with Crippen molar-refractivity contribution in [1.82, 2.24) is 0 Å². The Hall–Kier alpha value is -2.39. The van der Waals surface area contributed by atoms with E-state index in [2.05, 4.69) is 5.73 Å². The van der Waals surface area contributed by atoms with E-state index in [9.17, 15) is 25.4 Å². The average molecular weight is 511 g/mol. The molecule has 0 aliphatic heterocycles. The monoisotopic (exact) mass is 511 g/mol. The molecule has 154 valence electrons. The molecule has 2 aromatic rings. The lowest BCUT2D eigenvalue weighted by molar-refractivity contribution is -0.384. The summed E-state index contributed by atoms with van der Waals surface area (Å²) >= 11 is 1.97. The molecule has 0 fully saturated rings. The van der Waals surface area contributed by atoms with Gasteiger partial charge in [0, 0.05) is 25.0 Å². The van der Waals surface area contributed by atoms with Crippen LogP contribution in [0.25, 0.3) is 0 Å². The van der Waals surface area contributed by atoms with E-state index in [1.54, 1.807) is 18.2 Å². The predicted molar refractivity (Wildman–Crippen MR) is 117 cm³/mol. The number of hydrogen-bond donors (Lipinski definition) is 3. The van der Waals surface area contributed by atoms with Gasteiger partial charge in [-0.1, -0.05) is 0 Å². The molecule has 2 atom stereocenters. The highest BCUT2D eigenvalue weighted by molar-refractivity contribution is 14.1. The third kappa shape index (κ3) is 6.30. The summed E-state index contributed by atoms with van der Waals surface area (Å²) in [4.78, 5) is 10.2. The van der Waals surface area contributed by atoms with Gasteiger partial charge in [-0.25, -0.2) is 0 Å². The number of ether oxygens (including phenoxy) is 1. The van der Waals surface area contributed by atoms with E-state index in [-0.39, 0.29) is 11.4 Å². The molecular weight excluding hydrogens is 489 g/mol. The number of nitrogens with zero attached hydrogens (tertiary/aromatic N) is 1. The maximum Gasteiger partial charge on any atom is 0.269 e. The van der Waals surface area contributed by atoms with Crippen LogP contribution in [0.4, 0.5) is 5.69 Å². The highest BCUT2D eigenvalue weighted by Crippen LogP contribution is 2.35. The van der Waals surface area contributed by atoms with Gasteiger partial charge in [-0.2, -0.15) is 0 Å². The van der Waals surface area contributed by atoms with Gasteiger partial charge in [0.15, 0.2) is 11.5 Å². The number of methoxy groups -OCH3 is 1. The number of aliphatic hydroxyl groups excluding tert-OH is 2. The molecule has 7 nitrogen and oxygen atoms in total. The number of aromatic hydroxyl groups is 1. The second-order valence-corrected chi connectivity index (χ2v) is 7.66. The average Bonchev–Trinajstić information content (AvgIpc) is 2.69. The topological polar surface area (TPSA) is 113 Å². The lowest BCUT2D eigenvalue weighted by atomic mass is 10.0. The van der Waals surface area contributed by atoms with Crippen molar-refractivity contribution in [3.63, 3.8) is 0 Å². The number of benzene rings is 2. The van der Waals surface area contributed by atoms with Crippen molar-refractivity contribution in [2.75, 3.05) is 7.11 Å². The zero-order chi connectivity index (χ0) is 21.6. The van der Waals surface area contributed by atoms with Gasteiger partial charge in [0.25, 0.3) is 5.69 Å². The number of aliphatic hydroxyl groups is 2. The molecule has 0 radical (unpaired) electrons. The Morgan fingerprint density at radius 3 is 2.48 bits per heavy atom. The van der Waals surface area contributed by atoms with Crippen LogP contribution in [-0.2, 0) is 0 Å². The molecule has 29 heavy (non-hydrogen) atoms. The molecule has 0 heterocycles. The van der Waals surface area contributed by atoms with E-state index in [4.69, 9.17) is 4.74 Å². The van der Waals surface area contributed by atoms with Gasteiger partial charge in [-0.15, -0.1) is 5.73 Å². The summed E-state index contributed by atoms with van der Waals surface area (Å²) in [5.74, 6) is 0.337. The maximum atomic E-state index is 10.7. The minimum atomic E-state index is -0.801. The number of nitro benzene ring substituents is 1. The molecule has 8 heteroatoms. The van der Waals surface area contributed by atoms with Crippen molar-refractivity contribution in [3.8, 4) is 11.5 Å². The number of phenolic OH excluding ortho intramolecular Hbond substituents is 1. The second kappa shape index (κ2) is 10.4. The summed E-state index contributed by atoms with van der Waals surface area (Å²) in [5, 5.41) is 41.2. The fraction of sp³-hybridized carbons (Fsp3) is 0.286. The first kappa shape index (κ1) is 22.9. The van der Waals surface area contributed by atoms with E-state index in [0.29, 0.717) is 33.3 Å². The largest absolute Gasteiger partial charge is 0.504 e. The summed E-state index contributed by atoms with van der Waals surface area (Å²) in [6, 6.07) is 9.05. The minimum absolute atomic E-state index is 0.0254. The number of rotatable bonds is 8. The Balaban J connectivity index is 2.02. The molecule has 0 aliphatic carbocycles. The SMILES string of the molecule is COc1cc([C@H](O)CC=C=C(C)C[C@@H](O)c2ccc([N+](=O)[O-])cc2)cc(I)c1O. The van der Waals surface area contributed by atoms with Crippen molar-refractivity contribution in [2.24, 2.45) is 0 Å². The fourth-order valence-corrected chi connectivity index (χ4v) is 3.33. The molecule has 0 amide bonds. The Labute approximate surface area is 182 Å². The van der Waals surface area contributed by atoms with Crippen LogP contribution in [0.2, 0.25) is 0 Å². The smallest absolute Gasteiger partial charge is 0.269 e. The Kier molecular flexibility index (Phi) is 8.21. The van der Waals surface area contributed by atoms with Crippen LogP contribution in [0.1, 0.15) is 43.1 Å². The summed E-state index contributed by atoms with van der Waals surface area (Å²) in [6.07, 6.45) is 0.710. The molecule has 0 aliphatic rings. The van der Waals surface area contributed by atoms with Crippen molar-refractivity contribution in [2.45, 2.75) is 32.0 Å². The molecule has 3 N–H and O–H groups in total. The summed E-state index contributed by atoms with van der Waals surface area (Å²) in [5.41, 5.74) is 5.00. The molecule has 0 saturated heterocycles. The summed E-state index contributed by atoms with van der Waals surface area (Å²) in [7, 11) is 1.45. The Morgan fingerprint density at radius 1 is 1.24 bits per heavy atom. The predicted octanol–water partition coefficient (Wildman–Crippen LogP) is 4.56. The molecule has 0 saturated carbocycles. The number of non-ortho nitro benzene ring substituents is 1. The van der Waals surface area contributed by atoms with Crippen LogP contribution in [0.15, 0.2) is 53.8 Å². The highest BCUT2D eigenvalue weighted by atomic mass is 127. The highest BCUT2D eigenvalue weighted by Gasteiger charge is 2.14. The molecule has 0 aromatic heterocycles. The van der Waals surface area contributed by atoms with Crippen LogP contribution in [-0.4, -0.2) is 27.4 Å². The number of nitro groups is 1. The second-order valence-electron chi connectivity index (χ2n) is 6.50. The van der Waals surface area contributed by atoms with Gasteiger partial charge in [-0.05, 0) is 76.6 Å². The lowest BCUT2D eigenvalue weighted by Crippen LogP contribution is -1.99. The Morgan fingerprint density at radius 2 is 1.90 bits per heavy atom. The Bertz CT molecular complexity index is 935. The zero-order valence-electron chi connectivity index (χ0n) is 16.0. The lowest BCUT2D eigenvalue weighted by Gasteiger charge is -2.12. The quantitative estimate of drug-likeness (QED) is 0.207. The molecular formula is C21H22INO6. The van der Waals surface area contributed by atoms with Crippen molar-refractivity contribution in [1.29, 1.82) is 0 Å². The van der Waals surface area contributed by atoms with Crippen molar-refractivity contribution in [3.05, 3.63) is 78.6 Å². The van der Waals surface area contributed by atoms with E-state index >= 15 is 0 Å². The first-order valence-electron chi connectivity index (χ1n) is 8.80. The van der Waals surface area contributed by atoms with Crippen LogP contribution >= 0.6 is 22.6 Å². The van der Waals surface area contributed by atoms with Gasteiger partial charge in [0.05, 0.1) is 27.8 Å². The van der Waals surface area contributed by atoms with E-state index in [0.717, 1.165) is 5.57 Å². The van der Waals surface area contributed by atoms with Gasteiger partial charge in [-0.3, -0.25) is 10.1 Å². The standard InChI is InChI=1S/C21H22INO6/c1-13(10-19(25)14-6-8-16(9-7-14)23(27)28)4-3-5-18(24)15-11-17(22)21(26)20(12-15)29-2/h3,6-9,11-12,18-19,24-26H,5,10H2,1-2H3/t4?,18-,19-/m1/s1. The number of hydrogen-bond acceptors (Lipinski definition) is 6. The maximum absolute atomic E-state index is 10.7. The fourth-order valence-electron chi connectivity index (χ4n) is 2.71. The van der Waals surface area contributed by atoms with Crippen LogP contribution in [0.3, 0.4) is 0 Å². The first-order valence-corrected chi connectivity index (χ1v) is 9.88. The van der Waals surface area contributed by atoms with Crippen LogP contribution in [0.5, 0.6) is 11.5 Å². The third-order valence-electron chi connectivity index (χ3n) is 4.33. The molecule has 0 spiro atoms. The van der Waals surface area contributed by atoms with E-state index in [1.165, 1.54) is 31.4 Å². The summed E-state index contributed by atoms with van der Waals surface area (Å²) in [6.45, 7) is 1.81. The molecule has 0 unspecified atom stereocenters. The number of halogens is 1. The van der Waals surface area contributed by atoms with Gasteiger partial charge in [0.2, 0.25) is 0 Å². The molecule has 2 rings (SSSR count). The van der Waals surface area contributed by atoms with Gasteiger partial charge < -0.3 is 20.1 Å². The third-order valence-corrected chi connectivity index (χ3v) is 5.16. The van der Waals surface area contributed by atoms with E-state index < -0.39 is 17.1 Å². The van der Waals surface area contributed by atoms with E-state index in [1.807, 2.05) is 29.5 Å². The molecule has 0 bridgehead atoms. The zero-order valence-corrected chi connectivity index (χ0v) is 18.2. The van der Waals surface area contributed by atoms with Crippen LogP contribution < -0.4 is 4.74 Å². The normalized spacial score (nSPS) is 12.6. The van der Waals surface area contributed by atoms with Crippen molar-refractivity contribution >= 4 is 28.3 Å². The van der Waals surface area contributed by atoms with Gasteiger partial charge >= 0.3 is 0 Å².